The molecule has 0 radical (unpaired) electrons. The zero-order valence-electron chi connectivity index (χ0n) is 11.5. The van der Waals surface area contributed by atoms with Gasteiger partial charge in [0.25, 0.3) is 5.91 Å². The van der Waals surface area contributed by atoms with Crippen molar-refractivity contribution in [3.05, 3.63) is 14.2 Å². The molecule has 106 valence electrons. The highest BCUT2D eigenvalue weighted by atomic mass is 79.9. The van der Waals surface area contributed by atoms with Gasteiger partial charge in [0.1, 0.15) is 4.88 Å². The van der Waals surface area contributed by atoms with Crippen LogP contribution in [0.2, 0.25) is 0 Å². The molecule has 4 nitrogen and oxygen atoms in total. The van der Waals surface area contributed by atoms with Gasteiger partial charge in [-0.1, -0.05) is 0 Å². The number of carbonyl (C=O) groups is 1. The molecule has 1 atom stereocenters. The Kier molecular flexibility index (Phi) is 4.86. The fraction of sp³-hybridized carbons (Fsp3) is 0.615. The predicted molar refractivity (Wildman–Crippen MR) is 81.3 cm³/mol. The van der Waals surface area contributed by atoms with Crippen molar-refractivity contribution in [2.24, 2.45) is 0 Å². The van der Waals surface area contributed by atoms with Gasteiger partial charge in [0.15, 0.2) is 5.75 Å². The molecular weight excluding hydrogens is 328 g/mol. The number of methoxy groups -OCH3 is 1. The quantitative estimate of drug-likeness (QED) is 0.914. The van der Waals surface area contributed by atoms with E-state index < -0.39 is 0 Å². The van der Waals surface area contributed by atoms with Gasteiger partial charge in [0.2, 0.25) is 0 Å². The Morgan fingerprint density at radius 3 is 2.95 bits per heavy atom. The van der Waals surface area contributed by atoms with Gasteiger partial charge in [0, 0.05) is 24.0 Å². The van der Waals surface area contributed by atoms with Crippen molar-refractivity contribution in [2.75, 3.05) is 27.2 Å². The fourth-order valence-corrected chi connectivity index (χ4v) is 4.08. The molecule has 1 aromatic heterocycles. The number of likely N-dealkylation sites (tertiary alicyclic amines) is 1. The number of hydrogen-bond acceptors (Lipinski definition) is 4. The molecule has 0 saturated carbocycles. The zero-order chi connectivity index (χ0) is 14.0. The number of likely N-dealkylation sites (N-methyl/N-ethyl adjacent to an activating group) is 1. The number of aryl methyl sites for hydroxylation is 1. The third-order valence-corrected chi connectivity index (χ3v) is 5.78. The molecule has 0 spiro atoms. The van der Waals surface area contributed by atoms with Crippen LogP contribution in [0.1, 0.15) is 27.4 Å². The molecule has 0 bridgehead atoms. The van der Waals surface area contributed by atoms with Crippen LogP contribution >= 0.6 is 27.3 Å². The van der Waals surface area contributed by atoms with Crippen LogP contribution in [0.4, 0.5) is 0 Å². The van der Waals surface area contributed by atoms with Gasteiger partial charge in [-0.25, -0.2) is 0 Å². The van der Waals surface area contributed by atoms with Crippen molar-refractivity contribution in [2.45, 2.75) is 25.8 Å². The predicted octanol–water partition coefficient (Wildman–Crippen LogP) is 2.65. The molecular formula is C13H19BrN2O2S. The van der Waals surface area contributed by atoms with Crippen molar-refractivity contribution < 1.29 is 9.53 Å². The van der Waals surface area contributed by atoms with Gasteiger partial charge in [0.05, 0.1) is 11.6 Å². The van der Waals surface area contributed by atoms with Crippen LogP contribution in [-0.2, 0) is 0 Å². The molecule has 0 aliphatic carbocycles. The molecule has 2 heterocycles. The summed E-state index contributed by atoms with van der Waals surface area (Å²) in [4.78, 5) is 16.3. The van der Waals surface area contributed by atoms with Crippen LogP contribution < -0.4 is 10.1 Å². The molecule has 1 fully saturated rings. The Bertz CT molecular complexity index is 475. The van der Waals surface area contributed by atoms with Crippen LogP contribution in [0.5, 0.6) is 5.75 Å². The Hall–Kier alpha value is -0.590. The third kappa shape index (κ3) is 2.95. The van der Waals surface area contributed by atoms with E-state index in [0.717, 1.165) is 35.3 Å². The maximum Gasteiger partial charge on any atom is 0.267 e. The van der Waals surface area contributed by atoms with Gasteiger partial charge in [-0.15, -0.1) is 11.3 Å². The van der Waals surface area contributed by atoms with E-state index in [0.29, 0.717) is 16.7 Å². The number of carbonyl (C=O) groups excluding carboxylic acids is 1. The van der Waals surface area contributed by atoms with E-state index in [4.69, 9.17) is 4.74 Å². The molecule has 1 aliphatic rings. The Morgan fingerprint density at radius 1 is 1.58 bits per heavy atom. The highest BCUT2D eigenvalue weighted by Gasteiger charge is 2.28. The highest BCUT2D eigenvalue weighted by Crippen LogP contribution is 2.39. The second-order valence-corrected chi connectivity index (χ2v) is 6.73. The van der Waals surface area contributed by atoms with Crippen molar-refractivity contribution in [3.63, 3.8) is 0 Å². The fourth-order valence-electron chi connectivity index (χ4n) is 2.37. The largest absolute Gasteiger partial charge is 0.494 e. The average Bonchev–Trinajstić information content (AvgIpc) is 2.73. The van der Waals surface area contributed by atoms with Gasteiger partial charge in [-0.05, 0) is 42.7 Å². The normalized spacial score (nSPS) is 19.6. The summed E-state index contributed by atoms with van der Waals surface area (Å²) in [7, 11) is 3.56. The van der Waals surface area contributed by atoms with Crippen LogP contribution in [-0.4, -0.2) is 44.1 Å². The monoisotopic (exact) mass is 346 g/mol. The standard InChI is InChI=1S/C13H19BrN2O2S/c1-8-10(14)11(18-3)12(19-8)13(17)16-6-4-5-9(7-16)15-2/h9,15H,4-7H2,1-3H3/t9-/m1/s1. The average molecular weight is 347 g/mol. The molecule has 1 amide bonds. The Morgan fingerprint density at radius 2 is 2.32 bits per heavy atom. The second-order valence-electron chi connectivity index (χ2n) is 4.71. The minimum Gasteiger partial charge on any atom is -0.494 e. The minimum absolute atomic E-state index is 0.0793. The molecule has 1 aliphatic heterocycles. The lowest BCUT2D eigenvalue weighted by atomic mass is 10.1. The maximum absolute atomic E-state index is 12.6. The second kappa shape index (κ2) is 6.24. The smallest absolute Gasteiger partial charge is 0.267 e. The van der Waals surface area contributed by atoms with E-state index in [1.54, 1.807) is 7.11 Å². The lowest BCUT2D eigenvalue weighted by molar-refractivity contribution is 0.0700. The topological polar surface area (TPSA) is 41.6 Å². The molecule has 0 aromatic carbocycles. The number of thiophene rings is 1. The molecule has 1 saturated heterocycles. The van der Waals surface area contributed by atoms with E-state index in [9.17, 15) is 4.79 Å². The van der Waals surface area contributed by atoms with Crippen molar-refractivity contribution in [3.8, 4) is 5.75 Å². The zero-order valence-corrected chi connectivity index (χ0v) is 13.9. The summed E-state index contributed by atoms with van der Waals surface area (Å²) in [6.45, 7) is 3.59. The van der Waals surface area contributed by atoms with E-state index in [2.05, 4.69) is 21.2 Å². The molecule has 0 unspecified atom stereocenters. The number of amides is 1. The minimum atomic E-state index is 0.0793. The number of halogens is 1. The first kappa shape index (κ1) is 14.8. The molecule has 1 N–H and O–H groups in total. The van der Waals surface area contributed by atoms with Crippen LogP contribution in [0, 0.1) is 6.92 Å². The van der Waals surface area contributed by atoms with E-state index >= 15 is 0 Å². The number of piperidine rings is 1. The van der Waals surface area contributed by atoms with Crippen molar-refractivity contribution >= 4 is 33.2 Å². The Labute approximate surface area is 126 Å². The van der Waals surface area contributed by atoms with Gasteiger partial charge >= 0.3 is 0 Å². The first-order valence-corrected chi connectivity index (χ1v) is 7.98. The highest BCUT2D eigenvalue weighted by molar-refractivity contribution is 9.10. The summed E-state index contributed by atoms with van der Waals surface area (Å²) in [6.07, 6.45) is 2.18. The van der Waals surface area contributed by atoms with Gasteiger partial charge < -0.3 is 15.0 Å². The molecule has 2 rings (SSSR count). The summed E-state index contributed by atoms with van der Waals surface area (Å²) in [5.41, 5.74) is 0. The van der Waals surface area contributed by atoms with Crippen molar-refractivity contribution in [1.29, 1.82) is 0 Å². The summed E-state index contributed by atoms with van der Waals surface area (Å²) < 4.78 is 6.26. The maximum atomic E-state index is 12.6. The number of nitrogens with one attached hydrogen (secondary N) is 1. The van der Waals surface area contributed by atoms with Gasteiger partial charge in [-0.2, -0.15) is 0 Å². The number of hydrogen-bond donors (Lipinski definition) is 1. The first-order valence-electron chi connectivity index (χ1n) is 6.37. The van der Waals surface area contributed by atoms with E-state index in [-0.39, 0.29) is 5.91 Å². The lowest BCUT2D eigenvalue weighted by Gasteiger charge is -2.32. The Balaban J connectivity index is 2.22. The summed E-state index contributed by atoms with van der Waals surface area (Å²) in [5, 5.41) is 3.25. The van der Waals surface area contributed by atoms with E-state index in [1.807, 2.05) is 18.9 Å². The molecule has 6 heteroatoms. The summed E-state index contributed by atoms with van der Waals surface area (Å²) in [6, 6.07) is 0.396. The van der Waals surface area contributed by atoms with Crippen LogP contribution in [0.15, 0.2) is 4.47 Å². The first-order chi connectivity index (χ1) is 9.08. The SMILES string of the molecule is CN[C@@H]1CCCN(C(=O)c2sc(C)c(Br)c2OC)C1. The number of nitrogens with zero attached hydrogens (tertiary/aromatic N) is 1. The third-order valence-electron chi connectivity index (χ3n) is 3.49. The van der Waals surface area contributed by atoms with Crippen LogP contribution in [0.25, 0.3) is 0 Å². The van der Waals surface area contributed by atoms with Crippen molar-refractivity contribution in [1.82, 2.24) is 10.2 Å². The number of ether oxygens (including phenoxy) is 1. The van der Waals surface area contributed by atoms with Crippen LogP contribution in [0.3, 0.4) is 0 Å². The molecule has 19 heavy (non-hydrogen) atoms. The lowest BCUT2D eigenvalue weighted by Crippen LogP contribution is -2.46. The molecule has 1 aromatic rings. The number of rotatable bonds is 3. The van der Waals surface area contributed by atoms with E-state index in [1.165, 1.54) is 11.3 Å². The summed E-state index contributed by atoms with van der Waals surface area (Å²) >= 11 is 4.97. The summed E-state index contributed by atoms with van der Waals surface area (Å²) in [5.74, 6) is 0.745. The van der Waals surface area contributed by atoms with Gasteiger partial charge in [-0.3, -0.25) is 4.79 Å².